The molecule has 0 amide bonds. The van der Waals surface area contributed by atoms with Crippen LogP contribution in [0.2, 0.25) is 0 Å². The summed E-state index contributed by atoms with van der Waals surface area (Å²) in [6.45, 7) is 6.16. The van der Waals surface area contributed by atoms with Crippen LogP contribution < -0.4 is 34.4 Å². The first-order chi connectivity index (χ1) is 9.39. The molecule has 21 heavy (non-hydrogen) atoms. The molecule has 0 aromatic heterocycles. The van der Waals surface area contributed by atoms with Gasteiger partial charge in [-0.3, -0.25) is 4.57 Å². The van der Waals surface area contributed by atoms with Crippen LogP contribution in [-0.2, 0) is 9.09 Å². The molecule has 0 aliphatic rings. The van der Waals surface area contributed by atoms with Gasteiger partial charge in [0.25, 0.3) is 0 Å². The van der Waals surface area contributed by atoms with Crippen molar-refractivity contribution in [3.63, 3.8) is 0 Å². The number of rotatable bonds is 7. The van der Waals surface area contributed by atoms with E-state index in [2.05, 4.69) is 11.4 Å². The van der Waals surface area contributed by atoms with Crippen LogP contribution in [0.25, 0.3) is 0 Å². The summed E-state index contributed by atoms with van der Waals surface area (Å²) in [6, 6.07) is 0. The molecule has 0 aromatic carbocycles. The van der Waals surface area contributed by atoms with Crippen LogP contribution in [-0.4, -0.2) is 23.1 Å². The summed E-state index contributed by atoms with van der Waals surface area (Å²) >= 11 is 0. The van der Waals surface area contributed by atoms with Crippen molar-refractivity contribution in [1.29, 1.82) is 0 Å². The average Bonchev–Trinajstić information content (AvgIpc) is 2.34. The number of nitrogens with two attached hydrogens (primary N) is 6. The van der Waals surface area contributed by atoms with Crippen LogP contribution >= 0.6 is 8.25 Å². The first kappa shape index (κ1) is 25.8. The first-order valence-corrected chi connectivity index (χ1v) is 8.24. The fraction of sp³-hybridized carbons (Fsp3) is 1.00. The van der Waals surface area contributed by atoms with Gasteiger partial charge in [0, 0.05) is 0 Å². The Morgan fingerprint density at radius 2 is 1.24 bits per heavy atom. The van der Waals surface area contributed by atoms with Crippen molar-refractivity contribution in [1.82, 2.24) is 0 Å². The number of hydrogen-bond donors (Lipinski definition) is 7. The van der Waals surface area contributed by atoms with Crippen molar-refractivity contribution in [3.8, 4) is 0 Å². The van der Waals surface area contributed by atoms with E-state index in [0.717, 1.165) is 19.3 Å². The molecule has 0 spiro atoms. The molecule has 0 aromatic rings. The lowest BCUT2D eigenvalue weighted by atomic mass is 10.3. The number of hydrogen-bond acceptors (Lipinski definition) is 8. The van der Waals surface area contributed by atoms with Gasteiger partial charge in [0.15, 0.2) is 0 Å². The molecule has 0 bridgehead atoms. The molecule has 0 aliphatic carbocycles. The summed E-state index contributed by atoms with van der Waals surface area (Å²) in [4.78, 5) is 8.18. The summed E-state index contributed by atoms with van der Waals surface area (Å²) in [5, 5.41) is 0. The van der Waals surface area contributed by atoms with Crippen LogP contribution in [0.3, 0.4) is 0 Å². The van der Waals surface area contributed by atoms with Crippen molar-refractivity contribution < 1.29 is 14.0 Å². The highest BCUT2D eigenvalue weighted by atomic mass is 31.1. The lowest BCUT2D eigenvalue weighted by Crippen LogP contribution is -2.57. The Balaban J connectivity index is -0.000000240. The van der Waals surface area contributed by atoms with Gasteiger partial charge in [-0.2, -0.15) is 0 Å². The van der Waals surface area contributed by atoms with E-state index < -0.39 is 19.8 Å². The topological polar surface area (TPSA) is 203 Å². The standard InChI is InChI=1S/C5H13O3P.2C3H11N3/c1-2-3-4-5-8-9(6)7;2*1-2-3(4,5)6/h9H,2-5H2,1H3,(H,6,7);2*2,4-6H2,1H3. The Morgan fingerprint density at radius 1 is 0.905 bits per heavy atom. The average molecular weight is 330 g/mol. The zero-order chi connectivity index (χ0) is 17.5. The lowest BCUT2D eigenvalue weighted by molar-refractivity contribution is 0.274. The minimum atomic E-state index is -2.67. The maximum absolute atomic E-state index is 9.93. The number of unbranched alkanes of at least 4 members (excludes halogenated alkanes) is 2. The van der Waals surface area contributed by atoms with Crippen LogP contribution in [0.15, 0.2) is 0 Å². The third-order valence-corrected chi connectivity index (χ3v) is 2.65. The smallest absolute Gasteiger partial charge is 0.316 e. The Kier molecular flexibility index (Phi) is 18.2. The van der Waals surface area contributed by atoms with Gasteiger partial charge in [0.05, 0.1) is 6.61 Å². The Labute approximate surface area is 128 Å². The van der Waals surface area contributed by atoms with Crippen molar-refractivity contribution in [2.24, 2.45) is 34.4 Å². The van der Waals surface area contributed by atoms with Gasteiger partial charge in [-0.05, 0) is 19.3 Å². The molecule has 0 saturated carbocycles. The van der Waals surface area contributed by atoms with Gasteiger partial charge in [0.2, 0.25) is 0 Å². The van der Waals surface area contributed by atoms with Crippen LogP contribution in [0.4, 0.5) is 0 Å². The van der Waals surface area contributed by atoms with E-state index >= 15 is 0 Å². The maximum atomic E-state index is 9.93. The zero-order valence-electron chi connectivity index (χ0n) is 13.5. The minimum absolute atomic E-state index is 0.419. The molecule has 0 saturated heterocycles. The predicted molar refractivity (Wildman–Crippen MR) is 87.9 cm³/mol. The highest BCUT2D eigenvalue weighted by Crippen LogP contribution is 2.14. The van der Waals surface area contributed by atoms with Crippen molar-refractivity contribution >= 4 is 8.25 Å². The van der Waals surface area contributed by atoms with Crippen LogP contribution in [0.5, 0.6) is 0 Å². The van der Waals surface area contributed by atoms with Gasteiger partial charge < -0.3 is 43.8 Å². The molecule has 0 aliphatic heterocycles. The summed E-state index contributed by atoms with van der Waals surface area (Å²) in [7, 11) is -2.67. The molecule has 132 valence electrons. The van der Waals surface area contributed by atoms with Crippen molar-refractivity contribution in [2.75, 3.05) is 6.61 Å². The molecule has 10 heteroatoms. The molecule has 13 N–H and O–H groups in total. The van der Waals surface area contributed by atoms with E-state index in [1.807, 2.05) is 13.8 Å². The maximum Gasteiger partial charge on any atom is 0.316 e. The van der Waals surface area contributed by atoms with Crippen LogP contribution in [0.1, 0.15) is 52.9 Å². The first-order valence-electron chi connectivity index (χ1n) is 6.98. The molecular formula is C11H35N6O3P. The SMILES string of the molecule is CCC(N)(N)N.CCC(N)(N)N.CCCCCO[PH](=O)O. The summed E-state index contributed by atoms with van der Waals surface area (Å²) in [5.41, 5.74) is 30.5. The van der Waals surface area contributed by atoms with E-state index in [1.54, 1.807) is 0 Å². The lowest BCUT2D eigenvalue weighted by Gasteiger charge is -2.13. The Bertz CT molecular complexity index is 229. The minimum Gasteiger partial charge on any atom is -0.326 e. The van der Waals surface area contributed by atoms with Crippen LogP contribution in [0, 0.1) is 0 Å². The Hall–Kier alpha value is -0.0900. The molecule has 9 nitrogen and oxygen atoms in total. The highest BCUT2D eigenvalue weighted by molar-refractivity contribution is 7.32. The molecule has 0 radical (unpaired) electrons. The van der Waals surface area contributed by atoms with E-state index in [-0.39, 0.29) is 0 Å². The second-order valence-corrected chi connectivity index (χ2v) is 5.57. The third-order valence-electron chi connectivity index (χ3n) is 2.20. The van der Waals surface area contributed by atoms with Crippen molar-refractivity contribution in [2.45, 2.75) is 64.4 Å². The monoisotopic (exact) mass is 330 g/mol. The van der Waals surface area contributed by atoms with Gasteiger partial charge in [-0.15, -0.1) is 0 Å². The van der Waals surface area contributed by atoms with Crippen molar-refractivity contribution in [3.05, 3.63) is 0 Å². The quantitative estimate of drug-likeness (QED) is 0.181. The van der Waals surface area contributed by atoms with Gasteiger partial charge >= 0.3 is 8.25 Å². The normalized spacial score (nSPS) is 12.7. The second-order valence-electron chi connectivity index (χ2n) is 4.75. The van der Waals surface area contributed by atoms with E-state index in [4.69, 9.17) is 39.3 Å². The summed E-state index contributed by atoms with van der Waals surface area (Å²) in [6.07, 6.45) is 4.26. The molecule has 1 unspecified atom stereocenters. The fourth-order valence-corrected chi connectivity index (χ4v) is 0.830. The fourth-order valence-electron chi connectivity index (χ4n) is 0.512. The summed E-state index contributed by atoms with van der Waals surface area (Å²) in [5.74, 6) is -1.92. The van der Waals surface area contributed by atoms with E-state index in [0.29, 0.717) is 19.4 Å². The molecule has 0 heterocycles. The molecule has 0 rings (SSSR count). The molecule has 0 fully saturated rings. The van der Waals surface area contributed by atoms with E-state index in [9.17, 15) is 4.57 Å². The third kappa shape index (κ3) is 45.0. The summed E-state index contributed by atoms with van der Waals surface area (Å²) < 4.78 is 14.4. The zero-order valence-corrected chi connectivity index (χ0v) is 14.5. The molecular weight excluding hydrogens is 295 g/mol. The Morgan fingerprint density at radius 3 is 1.43 bits per heavy atom. The highest BCUT2D eigenvalue weighted by Gasteiger charge is 2.04. The van der Waals surface area contributed by atoms with Gasteiger partial charge in [0.1, 0.15) is 11.6 Å². The van der Waals surface area contributed by atoms with Gasteiger partial charge in [-0.1, -0.05) is 33.6 Å². The molecule has 1 atom stereocenters. The predicted octanol–water partition coefficient (Wildman–Crippen LogP) is -0.572. The van der Waals surface area contributed by atoms with E-state index in [1.165, 1.54) is 0 Å². The van der Waals surface area contributed by atoms with Gasteiger partial charge in [-0.25, -0.2) is 0 Å². The second kappa shape index (κ2) is 14.8. The largest absolute Gasteiger partial charge is 0.326 e.